The van der Waals surface area contributed by atoms with Gasteiger partial charge >= 0.3 is 0 Å². The molecule has 1 aromatic heterocycles. The summed E-state index contributed by atoms with van der Waals surface area (Å²) in [6.45, 7) is 2.84. The molecular weight excluding hydrogens is 277 g/mol. The Morgan fingerprint density at radius 1 is 1.00 bits per heavy atom. The minimum Gasteiger partial charge on any atom is -0.340 e. The molecule has 0 atom stereocenters. The van der Waals surface area contributed by atoms with E-state index in [1.54, 1.807) is 0 Å². The average molecular weight is 290 g/mol. The summed E-state index contributed by atoms with van der Waals surface area (Å²) < 4.78 is 2.26. The van der Waals surface area contributed by atoms with Crippen molar-refractivity contribution in [3.8, 4) is 0 Å². The maximum absolute atomic E-state index is 6.24. The first-order chi connectivity index (χ1) is 9.15. The van der Waals surface area contributed by atoms with Crippen LogP contribution in [0.15, 0.2) is 48.5 Å². The van der Waals surface area contributed by atoms with Gasteiger partial charge in [-0.05, 0) is 48.2 Å². The van der Waals surface area contributed by atoms with Crippen molar-refractivity contribution >= 4 is 34.1 Å². The normalized spacial score (nSPS) is 11.1. The zero-order valence-corrected chi connectivity index (χ0v) is 12.0. The molecule has 3 aromatic rings. The molecule has 0 aliphatic rings. The molecular formula is C16H13Cl2N. The number of hydrogen-bond acceptors (Lipinski definition) is 0. The van der Waals surface area contributed by atoms with Gasteiger partial charge in [0.2, 0.25) is 0 Å². The van der Waals surface area contributed by atoms with Gasteiger partial charge in [0.25, 0.3) is 0 Å². The molecule has 0 bridgehead atoms. The zero-order valence-electron chi connectivity index (χ0n) is 10.5. The van der Waals surface area contributed by atoms with Crippen LogP contribution in [-0.4, -0.2) is 4.57 Å². The van der Waals surface area contributed by atoms with E-state index < -0.39 is 0 Å². The monoisotopic (exact) mass is 289 g/mol. The Morgan fingerprint density at radius 3 is 2.63 bits per heavy atom. The van der Waals surface area contributed by atoms with Gasteiger partial charge in [0.05, 0.1) is 0 Å². The zero-order chi connectivity index (χ0) is 13.4. The highest BCUT2D eigenvalue weighted by molar-refractivity contribution is 6.33. The predicted molar refractivity (Wildman–Crippen MR) is 82.2 cm³/mol. The van der Waals surface area contributed by atoms with E-state index in [1.807, 2.05) is 18.2 Å². The smallest absolute Gasteiger partial charge is 0.0493 e. The molecule has 0 unspecified atom stereocenters. The first-order valence-electron chi connectivity index (χ1n) is 6.14. The average Bonchev–Trinajstić information content (AvgIpc) is 2.71. The number of rotatable bonds is 2. The lowest BCUT2D eigenvalue weighted by Crippen LogP contribution is -2.02. The van der Waals surface area contributed by atoms with Crippen LogP contribution in [0.5, 0.6) is 0 Å². The van der Waals surface area contributed by atoms with Crippen LogP contribution in [0.2, 0.25) is 10.0 Å². The van der Waals surface area contributed by atoms with Gasteiger partial charge in [0, 0.05) is 27.8 Å². The molecule has 19 heavy (non-hydrogen) atoms. The first kappa shape index (κ1) is 12.6. The van der Waals surface area contributed by atoms with E-state index in [1.165, 1.54) is 16.6 Å². The molecule has 0 radical (unpaired) electrons. The van der Waals surface area contributed by atoms with E-state index in [0.717, 1.165) is 17.1 Å². The largest absolute Gasteiger partial charge is 0.340 e. The Morgan fingerprint density at radius 2 is 1.79 bits per heavy atom. The molecule has 0 saturated carbocycles. The number of hydrogen-bond donors (Lipinski definition) is 0. The Labute approximate surface area is 122 Å². The second-order valence-electron chi connectivity index (χ2n) is 4.67. The van der Waals surface area contributed by atoms with E-state index in [9.17, 15) is 0 Å². The van der Waals surface area contributed by atoms with Crippen molar-refractivity contribution in [2.45, 2.75) is 13.5 Å². The van der Waals surface area contributed by atoms with Crippen LogP contribution in [0.4, 0.5) is 0 Å². The molecule has 0 aliphatic carbocycles. The molecule has 2 aromatic carbocycles. The molecule has 0 fully saturated rings. The van der Waals surface area contributed by atoms with Crippen molar-refractivity contribution in [2.75, 3.05) is 0 Å². The summed E-state index contributed by atoms with van der Waals surface area (Å²) in [7, 11) is 0. The molecule has 1 heterocycles. The number of benzene rings is 2. The molecule has 0 saturated heterocycles. The fourth-order valence-corrected chi connectivity index (χ4v) is 2.77. The summed E-state index contributed by atoms with van der Waals surface area (Å²) in [4.78, 5) is 0. The van der Waals surface area contributed by atoms with E-state index in [4.69, 9.17) is 23.2 Å². The van der Waals surface area contributed by atoms with Crippen molar-refractivity contribution in [1.82, 2.24) is 4.57 Å². The third kappa shape index (κ3) is 2.36. The van der Waals surface area contributed by atoms with Crippen molar-refractivity contribution in [2.24, 2.45) is 0 Å². The number of aryl methyl sites for hydroxylation is 1. The summed E-state index contributed by atoms with van der Waals surface area (Å²) in [6.07, 6.45) is 0. The number of nitrogens with zero attached hydrogens (tertiary/aromatic N) is 1. The van der Waals surface area contributed by atoms with E-state index in [0.29, 0.717) is 5.02 Å². The van der Waals surface area contributed by atoms with Gasteiger partial charge < -0.3 is 4.57 Å². The van der Waals surface area contributed by atoms with Crippen LogP contribution < -0.4 is 0 Å². The van der Waals surface area contributed by atoms with E-state index in [2.05, 4.69) is 41.8 Å². The Balaban J connectivity index is 2.10. The van der Waals surface area contributed by atoms with Crippen LogP contribution in [-0.2, 0) is 6.54 Å². The Kier molecular flexibility index (Phi) is 3.26. The Bertz CT molecular complexity index is 744. The lowest BCUT2D eigenvalue weighted by Gasteiger charge is -2.10. The number of para-hydroxylation sites is 1. The highest BCUT2D eigenvalue weighted by Gasteiger charge is 2.08. The van der Waals surface area contributed by atoms with Gasteiger partial charge in [-0.3, -0.25) is 0 Å². The van der Waals surface area contributed by atoms with E-state index in [-0.39, 0.29) is 0 Å². The van der Waals surface area contributed by atoms with Crippen LogP contribution >= 0.6 is 23.2 Å². The molecule has 0 aliphatic heterocycles. The van der Waals surface area contributed by atoms with Crippen molar-refractivity contribution in [1.29, 1.82) is 0 Å². The van der Waals surface area contributed by atoms with Crippen LogP contribution in [0, 0.1) is 6.92 Å². The first-order valence-corrected chi connectivity index (χ1v) is 6.89. The Hall–Kier alpha value is -1.44. The number of fused-ring (bicyclic) bond motifs is 1. The third-order valence-corrected chi connectivity index (χ3v) is 3.96. The van der Waals surface area contributed by atoms with Gasteiger partial charge in [-0.25, -0.2) is 0 Å². The van der Waals surface area contributed by atoms with Crippen LogP contribution in [0.1, 0.15) is 11.3 Å². The van der Waals surface area contributed by atoms with Crippen molar-refractivity contribution in [3.63, 3.8) is 0 Å². The lowest BCUT2D eigenvalue weighted by molar-refractivity contribution is 0.805. The predicted octanol–water partition coefficient (Wildman–Crippen LogP) is 5.30. The molecule has 0 N–H and O–H groups in total. The maximum atomic E-state index is 6.24. The SMILES string of the molecule is Cc1cc2ccccc2n1Cc1cc(Cl)ccc1Cl. The van der Waals surface area contributed by atoms with Crippen molar-refractivity contribution < 1.29 is 0 Å². The lowest BCUT2D eigenvalue weighted by atomic mass is 10.2. The molecule has 1 nitrogen and oxygen atoms in total. The van der Waals surface area contributed by atoms with Gasteiger partial charge in [-0.2, -0.15) is 0 Å². The summed E-state index contributed by atoms with van der Waals surface area (Å²) in [6, 6.07) is 16.1. The summed E-state index contributed by atoms with van der Waals surface area (Å²) in [5.41, 5.74) is 3.48. The van der Waals surface area contributed by atoms with Gasteiger partial charge in [0.15, 0.2) is 0 Å². The van der Waals surface area contributed by atoms with Crippen LogP contribution in [0.3, 0.4) is 0 Å². The highest BCUT2D eigenvalue weighted by Crippen LogP contribution is 2.25. The molecule has 96 valence electrons. The maximum Gasteiger partial charge on any atom is 0.0493 e. The molecule has 0 spiro atoms. The quantitative estimate of drug-likeness (QED) is 0.603. The van der Waals surface area contributed by atoms with Crippen LogP contribution in [0.25, 0.3) is 10.9 Å². The number of aromatic nitrogens is 1. The molecule has 3 heteroatoms. The van der Waals surface area contributed by atoms with E-state index >= 15 is 0 Å². The second-order valence-corrected chi connectivity index (χ2v) is 5.51. The minimum absolute atomic E-state index is 0.716. The van der Waals surface area contributed by atoms with Gasteiger partial charge in [0.1, 0.15) is 0 Å². The van der Waals surface area contributed by atoms with Gasteiger partial charge in [-0.15, -0.1) is 0 Å². The summed E-state index contributed by atoms with van der Waals surface area (Å²) >= 11 is 12.3. The third-order valence-electron chi connectivity index (χ3n) is 3.35. The molecule has 3 rings (SSSR count). The fourth-order valence-electron chi connectivity index (χ4n) is 2.39. The van der Waals surface area contributed by atoms with Crippen molar-refractivity contribution in [3.05, 3.63) is 69.8 Å². The standard InChI is InChI=1S/C16H13Cl2N/c1-11-8-12-4-2-3-5-16(12)19(11)10-13-9-14(17)6-7-15(13)18/h2-9H,10H2,1H3. The highest BCUT2D eigenvalue weighted by atomic mass is 35.5. The molecule has 0 amide bonds. The topological polar surface area (TPSA) is 4.93 Å². The summed E-state index contributed by atoms with van der Waals surface area (Å²) in [5.74, 6) is 0. The second kappa shape index (κ2) is 4.92. The minimum atomic E-state index is 0.716. The fraction of sp³-hybridized carbons (Fsp3) is 0.125. The number of halogens is 2. The van der Waals surface area contributed by atoms with Gasteiger partial charge in [-0.1, -0.05) is 41.4 Å². The summed E-state index contributed by atoms with van der Waals surface area (Å²) in [5, 5.41) is 2.72.